The van der Waals surface area contributed by atoms with Gasteiger partial charge in [-0.1, -0.05) is 28.1 Å². The Morgan fingerprint density at radius 3 is 2.61 bits per heavy atom. The van der Waals surface area contributed by atoms with Gasteiger partial charge in [-0.3, -0.25) is 0 Å². The van der Waals surface area contributed by atoms with Crippen LogP contribution in [0.4, 0.5) is 4.39 Å². The Morgan fingerprint density at radius 1 is 1.13 bits per heavy atom. The van der Waals surface area contributed by atoms with Gasteiger partial charge < -0.3 is 4.74 Å². The number of hydrogen-bond donors (Lipinski definition) is 0. The Kier molecular flexibility index (Phi) is 4.77. The number of ether oxygens (including phenoxy) is 1. The lowest BCUT2D eigenvalue weighted by molar-refractivity contribution is 0.305. The third-order valence-corrected chi connectivity index (χ3v) is 3.51. The first-order valence-corrected chi connectivity index (χ1v) is 7.56. The standard InChI is InChI=1S/C16H12BrFN4O/c17-14-3-6-16(23-9-12-1-4-15(18)5-2-12)13(7-14)8-21-22-10-19-20-11-22/h1-8,10-11H,9H2/b21-8-. The maximum Gasteiger partial charge on any atom is 0.141 e. The van der Waals surface area contributed by atoms with E-state index in [0.29, 0.717) is 12.4 Å². The van der Waals surface area contributed by atoms with Gasteiger partial charge in [-0.15, -0.1) is 10.2 Å². The number of nitrogens with zero attached hydrogens (tertiary/aromatic N) is 4. The van der Waals surface area contributed by atoms with Crippen molar-refractivity contribution in [3.63, 3.8) is 0 Å². The fourth-order valence-electron chi connectivity index (χ4n) is 1.88. The fourth-order valence-corrected chi connectivity index (χ4v) is 2.26. The molecule has 0 unspecified atom stereocenters. The molecule has 3 aromatic rings. The molecular formula is C16H12BrFN4O. The lowest BCUT2D eigenvalue weighted by atomic mass is 10.2. The van der Waals surface area contributed by atoms with Crippen molar-refractivity contribution in [2.24, 2.45) is 5.10 Å². The smallest absolute Gasteiger partial charge is 0.141 e. The zero-order valence-electron chi connectivity index (χ0n) is 11.9. The van der Waals surface area contributed by atoms with Gasteiger partial charge in [0.25, 0.3) is 0 Å². The van der Waals surface area contributed by atoms with E-state index in [0.717, 1.165) is 15.6 Å². The SMILES string of the molecule is Fc1ccc(COc2ccc(Br)cc2/C=N\n2cnnc2)cc1. The van der Waals surface area contributed by atoms with E-state index in [1.54, 1.807) is 18.3 Å². The highest BCUT2D eigenvalue weighted by molar-refractivity contribution is 9.10. The van der Waals surface area contributed by atoms with E-state index < -0.39 is 0 Å². The van der Waals surface area contributed by atoms with Gasteiger partial charge in [-0.2, -0.15) is 5.10 Å². The van der Waals surface area contributed by atoms with Gasteiger partial charge in [0.15, 0.2) is 0 Å². The first-order chi connectivity index (χ1) is 11.2. The Hall–Kier alpha value is -2.54. The predicted octanol–water partition coefficient (Wildman–Crippen LogP) is 3.64. The monoisotopic (exact) mass is 374 g/mol. The minimum Gasteiger partial charge on any atom is -0.488 e. The molecule has 0 aliphatic carbocycles. The van der Waals surface area contributed by atoms with Crippen LogP contribution in [0.3, 0.4) is 0 Å². The van der Waals surface area contributed by atoms with E-state index in [2.05, 4.69) is 31.2 Å². The maximum atomic E-state index is 12.9. The molecule has 1 aromatic heterocycles. The summed E-state index contributed by atoms with van der Waals surface area (Å²) in [5.74, 6) is 0.411. The van der Waals surface area contributed by atoms with Crippen LogP contribution < -0.4 is 4.74 Å². The Morgan fingerprint density at radius 2 is 1.87 bits per heavy atom. The second-order valence-electron chi connectivity index (χ2n) is 4.68. The fraction of sp³-hybridized carbons (Fsp3) is 0.0625. The van der Waals surface area contributed by atoms with Crippen LogP contribution in [0.2, 0.25) is 0 Å². The molecular weight excluding hydrogens is 363 g/mol. The van der Waals surface area contributed by atoms with Crippen LogP contribution in [0.25, 0.3) is 0 Å². The van der Waals surface area contributed by atoms with Crippen LogP contribution in [0.1, 0.15) is 11.1 Å². The minimum atomic E-state index is -0.265. The number of halogens is 2. The van der Waals surface area contributed by atoms with Crippen molar-refractivity contribution in [1.82, 2.24) is 14.9 Å². The van der Waals surface area contributed by atoms with Gasteiger partial charge in [-0.05, 0) is 35.9 Å². The van der Waals surface area contributed by atoms with Crippen molar-refractivity contribution in [1.29, 1.82) is 0 Å². The van der Waals surface area contributed by atoms with Gasteiger partial charge >= 0.3 is 0 Å². The highest BCUT2D eigenvalue weighted by Gasteiger charge is 2.04. The molecule has 0 atom stereocenters. The highest BCUT2D eigenvalue weighted by atomic mass is 79.9. The van der Waals surface area contributed by atoms with Gasteiger partial charge in [0, 0.05) is 10.0 Å². The Bertz CT molecular complexity index is 803. The second-order valence-corrected chi connectivity index (χ2v) is 5.60. The van der Waals surface area contributed by atoms with Crippen LogP contribution in [0.5, 0.6) is 5.75 Å². The van der Waals surface area contributed by atoms with Crippen molar-refractivity contribution in [3.8, 4) is 5.75 Å². The summed E-state index contributed by atoms with van der Waals surface area (Å²) in [4.78, 5) is 0. The van der Waals surface area contributed by atoms with E-state index in [1.165, 1.54) is 29.5 Å². The van der Waals surface area contributed by atoms with Crippen LogP contribution in [-0.4, -0.2) is 21.1 Å². The first-order valence-electron chi connectivity index (χ1n) is 6.76. The molecule has 5 nitrogen and oxygen atoms in total. The minimum absolute atomic E-state index is 0.265. The van der Waals surface area contributed by atoms with Gasteiger partial charge in [-0.25, -0.2) is 9.07 Å². The van der Waals surface area contributed by atoms with Crippen LogP contribution in [0, 0.1) is 5.82 Å². The number of aromatic nitrogens is 3. The topological polar surface area (TPSA) is 52.3 Å². The van der Waals surface area contributed by atoms with Crippen molar-refractivity contribution in [2.75, 3.05) is 0 Å². The molecule has 23 heavy (non-hydrogen) atoms. The van der Waals surface area contributed by atoms with Crippen molar-refractivity contribution >= 4 is 22.1 Å². The van der Waals surface area contributed by atoms with Crippen molar-refractivity contribution in [2.45, 2.75) is 6.61 Å². The third-order valence-electron chi connectivity index (χ3n) is 3.02. The summed E-state index contributed by atoms with van der Waals surface area (Å²) in [6.07, 6.45) is 4.65. The van der Waals surface area contributed by atoms with Crippen molar-refractivity contribution in [3.05, 3.63) is 76.5 Å². The Labute approximate surface area is 140 Å². The molecule has 0 saturated heterocycles. The summed E-state index contributed by atoms with van der Waals surface area (Å²) in [5.41, 5.74) is 1.69. The molecule has 0 radical (unpaired) electrons. The average Bonchev–Trinajstić information content (AvgIpc) is 3.07. The van der Waals surface area contributed by atoms with E-state index >= 15 is 0 Å². The number of benzene rings is 2. The maximum absolute atomic E-state index is 12.9. The molecule has 0 saturated carbocycles. The molecule has 0 fully saturated rings. The summed E-state index contributed by atoms with van der Waals surface area (Å²) >= 11 is 3.43. The summed E-state index contributed by atoms with van der Waals surface area (Å²) in [6.45, 7) is 0.343. The molecule has 0 spiro atoms. The average molecular weight is 375 g/mol. The quantitative estimate of drug-likeness (QED) is 0.640. The zero-order valence-corrected chi connectivity index (χ0v) is 13.5. The van der Waals surface area contributed by atoms with Gasteiger partial charge in [0.2, 0.25) is 0 Å². The third kappa shape index (κ3) is 4.23. The molecule has 7 heteroatoms. The molecule has 0 bridgehead atoms. The number of hydrogen-bond acceptors (Lipinski definition) is 4. The summed E-state index contributed by atoms with van der Waals surface area (Å²) in [5, 5.41) is 11.6. The molecule has 1 heterocycles. The second kappa shape index (κ2) is 7.15. The summed E-state index contributed by atoms with van der Waals surface area (Å²) in [6, 6.07) is 11.8. The van der Waals surface area contributed by atoms with Gasteiger partial charge in [0.05, 0.1) is 6.21 Å². The van der Waals surface area contributed by atoms with Gasteiger partial charge in [0.1, 0.15) is 30.8 Å². The zero-order chi connectivity index (χ0) is 16.1. The number of rotatable bonds is 5. The normalized spacial score (nSPS) is 11.0. The summed E-state index contributed by atoms with van der Waals surface area (Å²) in [7, 11) is 0. The lowest BCUT2D eigenvalue weighted by Crippen LogP contribution is -1.99. The predicted molar refractivity (Wildman–Crippen MR) is 87.9 cm³/mol. The van der Waals surface area contributed by atoms with E-state index in [1.807, 2.05) is 18.2 Å². The van der Waals surface area contributed by atoms with Crippen LogP contribution >= 0.6 is 15.9 Å². The molecule has 0 N–H and O–H groups in total. The lowest BCUT2D eigenvalue weighted by Gasteiger charge is -2.09. The largest absolute Gasteiger partial charge is 0.488 e. The molecule has 3 rings (SSSR count). The van der Waals surface area contributed by atoms with E-state index in [-0.39, 0.29) is 5.82 Å². The molecule has 0 aliphatic rings. The highest BCUT2D eigenvalue weighted by Crippen LogP contribution is 2.23. The van der Waals surface area contributed by atoms with E-state index in [4.69, 9.17) is 4.74 Å². The molecule has 116 valence electrons. The van der Waals surface area contributed by atoms with Crippen LogP contribution in [-0.2, 0) is 6.61 Å². The first kappa shape index (κ1) is 15.4. The molecule has 2 aromatic carbocycles. The molecule has 0 amide bonds. The van der Waals surface area contributed by atoms with E-state index in [9.17, 15) is 4.39 Å². The van der Waals surface area contributed by atoms with Crippen molar-refractivity contribution < 1.29 is 9.13 Å². The summed E-state index contributed by atoms with van der Waals surface area (Å²) < 4.78 is 21.1. The molecule has 0 aliphatic heterocycles. The van der Waals surface area contributed by atoms with Crippen LogP contribution in [0.15, 0.2) is 64.7 Å². The Balaban J connectivity index is 1.77.